The minimum atomic E-state index is -0.935. The first-order valence-corrected chi connectivity index (χ1v) is 6.04. The molecule has 0 rings (SSSR count). The van der Waals surface area contributed by atoms with E-state index < -0.39 is 17.9 Å². The predicted molar refractivity (Wildman–Crippen MR) is 86.8 cm³/mol. The van der Waals surface area contributed by atoms with Crippen LogP contribution in [0.4, 0.5) is 0 Å². The molecule has 0 aromatic heterocycles. The molecule has 0 fully saturated rings. The summed E-state index contributed by atoms with van der Waals surface area (Å²) in [5.41, 5.74) is 0.528. The van der Waals surface area contributed by atoms with Gasteiger partial charge in [0.1, 0.15) is 0 Å². The minimum Gasteiger partial charge on any atom is -0.478 e. The van der Waals surface area contributed by atoms with Crippen molar-refractivity contribution in [3.05, 3.63) is 36.5 Å². The van der Waals surface area contributed by atoms with E-state index in [2.05, 4.69) is 19.7 Å². The van der Waals surface area contributed by atoms with E-state index in [1.54, 1.807) is 0 Å². The normalized spacial score (nSPS) is 6.68. The van der Waals surface area contributed by atoms with E-state index in [0.29, 0.717) is 0 Å². The van der Waals surface area contributed by atoms with Gasteiger partial charge in [-0.15, -0.1) is 0 Å². The Morgan fingerprint density at radius 3 is 0.636 bits per heavy atom. The second kappa shape index (κ2) is 23.7. The molecule has 0 aliphatic heterocycles. The summed E-state index contributed by atoms with van der Waals surface area (Å²) in [4.78, 5) is 28.8. The fourth-order valence-electron chi connectivity index (χ4n) is 0. The molecular weight excluding hydrogens is 292 g/mol. The van der Waals surface area contributed by atoms with Gasteiger partial charge in [0.15, 0.2) is 0 Å². The number of hydrogen-bond acceptors (Lipinski definition) is 4. The molecule has 0 heterocycles. The third-order valence-corrected chi connectivity index (χ3v) is 1.10. The summed E-state index contributed by atoms with van der Waals surface area (Å²) in [6, 6.07) is 0. The van der Waals surface area contributed by atoms with Gasteiger partial charge in [0.25, 0.3) is 0 Å². The van der Waals surface area contributed by atoms with Crippen LogP contribution < -0.4 is 0 Å². The third kappa shape index (κ3) is 52.6. The number of carboxylic acids is 3. The molecule has 22 heavy (non-hydrogen) atoms. The minimum absolute atomic E-state index is 0.176. The Kier molecular flexibility index (Phi) is 34.2. The summed E-state index contributed by atoms with van der Waals surface area (Å²) in [6.07, 6.45) is 0. The van der Waals surface area contributed by atoms with E-state index in [4.69, 9.17) is 20.4 Å². The smallest absolute Gasteiger partial charge is 0.330 e. The highest BCUT2D eigenvalue weighted by Gasteiger charge is 1.91. The maximum atomic E-state index is 9.60. The van der Waals surface area contributed by atoms with Gasteiger partial charge in [-0.2, -0.15) is 0 Å². The van der Waals surface area contributed by atoms with E-state index in [9.17, 15) is 14.4 Å². The van der Waals surface area contributed by atoms with Crippen LogP contribution >= 0.6 is 0 Å². The molecule has 0 aliphatic rings. The number of carbonyl (C=O) groups is 3. The molecule has 0 bridgehead atoms. The first-order valence-electron chi connectivity index (χ1n) is 6.04. The van der Waals surface area contributed by atoms with Crippen molar-refractivity contribution in [3.63, 3.8) is 0 Å². The maximum absolute atomic E-state index is 9.60. The van der Waals surface area contributed by atoms with Gasteiger partial charge in [-0.25, -0.2) is 14.4 Å². The fourth-order valence-corrected chi connectivity index (χ4v) is 0. The van der Waals surface area contributed by atoms with Gasteiger partial charge in [-0.3, -0.25) is 0 Å². The first-order chi connectivity index (χ1) is 9.93. The zero-order valence-electron chi connectivity index (χ0n) is 14.1. The standard InChI is InChI=1S/3C4H6O2.C2H6.CH4O/c3*1-3(2)4(5)6;2*1-2/h3*1H2,2H3,(H,5,6);1-2H3;2H,1H3. The van der Waals surface area contributed by atoms with Crippen molar-refractivity contribution in [2.45, 2.75) is 34.6 Å². The van der Waals surface area contributed by atoms with Gasteiger partial charge in [0.2, 0.25) is 0 Å². The van der Waals surface area contributed by atoms with Crippen molar-refractivity contribution in [2.75, 3.05) is 7.11 Å². The first kappa shape index (κ1) is 31.8. The Morgan fingerprint density at radius 2 is 0.636 bits per heavy atom. The van der Waals surface area contributed by atoms with Crippen LogP contribution in [-0.2, 0) is 14.4 Å². The van der Waals surface area contributed by atoms with Crippen molar-refractivity contribution in [1.29, 1.82) is 0 Å². The SMILES string of the molecule is C=C(C)C(=O)O.C=C(C)C(=O)O.C=C(C)C(=O)O.CC.CO. The summed E-state index contributed by atoms with van der Waals surface area (Å²) in [5, 5.41) is 30.7. The molecule has 7 nitrogen and oxygen atoms in total. The van der Waals surface area contributed by atoms with E-state index in [-0.39, 0.29) is 16.7 Å². The molecule has 0 amide bonds. The predicted octanol–water partition coefficient (Wildman–Crippen LogP) is 2.58. The Morgan fingerprint density at radius 1 is 0.591 bits per heavy atom. The van der Waals surface area contributed by atoms with Gasteiger partial charge in [0, 0.05) is 23.8 Å². The summed E-state index contributed by atoms with van der Waals surface area (Å²) in [6.45, 7) is 17.8. The highest BCUT2D eigenvalue weighted by atomic mass is 16.4. The third-order valence-electron chi connectivity index (χ3n) is 1.10. The highest BCUT2D eigenvalue weighted by Crippen LogP contribution is 1.82. The second-order valence-electron chi connectivity index (χ2n) is 3.26. The topological polar surface area (TPSA) is 132 Å². The second-order valence-corrected chi connectivity index (χ2v) is 3.26. The summed E-state index contributed by atoms with van der Waals surface area (Å²) < 4.78 is 0. The number of aliphatic hydroxyl groups is 1. The van der Waals surface area contributed by atoms with Crippen LogP contribution in [0, 0.1) is 0 Å². The van der Waals surface area contributed by atoms with E-state index in [0.717, 1.165) is 7.11 Å². The molecule has 0 aromatic carbocycles. The molecule has 4 N–H and O–H groups in total. The average molecular weight is 320 g/mol. The van der Waals surface area contributed by atoms with Gasteiger partial charge >= 0.3 is 17.9 Å². The van der Waals surface area contributed by atoms with Crippen LogP contribution in [-0.4, -0.2) is 45.4 Å². The Hall–Kier alpha value is -2.41. The lowest BCUT2D eigenvalue weighted by atomic mass is 10.4. The van der Waals surface area contributed by atoms with Crippen molar-refractivity contribution in [3.8, 4) is 0 Å². The number of aliphatic carboxylic acids is 3. The molecule has 0 aromatic rings. The molecule has 0 radical (unpaired) electrons. The number of carboxylic acid groups (broad SMARTS) is 3. The van der Waals surface area contributed by atoms with Crippen molar-refractivity contribution < 1.29 is 34.8 Å². The fraction of sp³-hybridized carbons (Fsp3) is 0.400. The molecule has 7 heteroatoms. The molecule has 0 aliphatic carbocycles. The van der Waals surface area contributed by atoms with Crippen molar-refractivity contribution in [1.82, 2.24) is 0 Å². The van der Waals surface area contributed by atoms with Crippen LogP contribution in [0.25, 0.3) is 0 Å². The van der Waals surface area contributed by atoms with Gasteiger partial charge < -0.3 is 20.4 Å². The van der Waals surface area contributed by atoms with Crippen LogP contribution in [0.1, 0.15) is 34.6 Å². The number of rotatable bonds is 3. The zero-order chi connectivity index (χ0) is 19.5. The molecule has 0 saturated heterocycles. The Labute approximate surface area is 131 Å². The lowest BCUT2D eigenvalue weighted by Crippen LogP contribution is -1.92. The quantitative estimate of drug-likeness (QED) is 0.587. The average Bonchev–Trinajstić information content (AvgIpc) is 2.44. The van der Waals surface area contributed by atoms with Crippen LogP contribution in [0.3, 0.4) is 0 Å². The van der Waals surface area contributed by atoms with Gasteiger partial charge in [-0.1, -0.05) is 33.6 Å². The van der Waals surface area contributed by atoms with Crippen molar-refractivity contribution in [2.24, 2.45) is 0 Å². The van der Waals surface area contributed by atoms with Gasteiger partial charge in [-0.05, 0) is 20.8 Å². The van der Waals surface area contributed by atoms with Crippen LogP contribution in [0.5, 0.6) is 0 Å². The van der Waals surface area contributed by atoms with Crippen LogP contribution in [0.2, 0.25) is 0 Å². The molecule has 130 valence electrons. The Bertz CT molecular complexity index is 275. The largest absolute Gasteiger partial charge is 0.478 e. The summed E-state index contributed by atoms with van der Waals surface area (Å²) in [5.74, 6) is -2.81. The monoisotopic (exact) mass is 320 g/mol. The molecular formula is C15H28O7. The van der Waals surface area contributed by atoms with E-state index in [1.807, 2.05) is 13.8 Å². The van der Waals surface area contributed by atoms with Gasteiger partial charge in [0.05, 0.1) is 0 Å². The lowest BCUT2D eigenvalue weighted by molar-refractivity contribution is -0.133. The summed E-state index contributed by atoms with van der Waals surface area (Å²) >= 11 is 0. The molecule has 0 saturated carbocycles. The molecule has 0 spiro atoms. The van der Waals surface area contributed by atoms with Crippen LogP contribution in [0.15, 0.2) is 36.5 Å². The van der Waals surface area contributed by atoms with Crippen molar-refractivity contribution >= 4 is 17.9 Å². The summed E-state index contributed by atoms with van der Waals surface area (Å²) in [7, 11) is 1.00. The van der Waals surface area contributed by atoms with E-state index >= 15 is 0 Å². The lowest BCUT2D eigenvalue weighted by Gasteiger charge is -1.79. The number of hydrogen-bond donors (Lipinski definition) is 4. The maximum Gasteiger partial charge on any atom is 0.330 e. The zero-order valence-corrected chi connectivity index (χ0v) is 14.1. The molecule has 0 unspecified atom stereocenters. The Balaban J connectivity index is -0.0000000588. The highest BCUT2D eigenvalue weighted by molar-refractivity contribution is 5.85. The van der Waals surface area contributed by atoms with E-state index in [1.165, 1.54) is 20.8 Å². The number of aliphatic hydroxyl groups excluding tert-OH is 1. The molecule has 0 atom stereocenters.